The molecule has 0 saturated heterocycles. The number of amides is 2. The average Bonchev–Trinajstić information content (AvgIpc) is 3.04. The number of hydrogen-bond acceptors (Lipinski definition) is 4. The fraction of sp³-hybridized carbons (Fsp3) is 0.154. The summed E-state index contributed by atoms with van der Waals surface area (Å²) < 4.78 is 39.4. The Balaban J connectivity index is 1.68. The van der Waals surface area contributed by atoms with Gasteiger partial charge in [-0.3, -0.25) is 14.5 Å². The van der Waals surface area contributed by atoms with Gasteiger partial charge in [-0.05, 0) is 47.5 Å². The first-order chi connectivity index (χ1) is 16.1. The van der Waals surface area contributed by atoms with Crippen LogP contribution < -0.4 is 10.2 Å². The van der Waals surface area contributed by atoms with E-state index in [1.807, 2.05) is 31.1 Å². The molecule has 34 heavy (non-hydrogen) atoms. The number of anilines is 2. The Kier molecular flexibility index (Phi) is 6.15. The van der Waals surface area contributed by atoms with E-state index in [0.29, 0.717) is 11.3 Å². The normalized spacial score (nSPS) is 14.1. The molecule has 0 saturated carbocycles. The van der Waals surface area contributed by atoms with Gasteiger partial charge in [0.15, 0.2) is 0 Å². The van der Waals surface area contributed by atoms with Crippen molar-refractivity contribution >= 4 is 28.8 Å². The minimum Gasteiger partial charge on any atom is -0.378 e. The number of nitrogens with zero attached hydrogens (tertiary/aromatic N) is 2. The second kappa shape index (κ2) is 9.05. The smallest absolute Gasteiger partial charge is 0.378 e. The lowest BCUT2D eigenvalue weighted by Gasteiger charge is -2.17. The van der Waals surface area contributed by atoms with Crippen molar-refractivity contribution in [3.63, 3.8) is 0 Å². The monoisotopic (exact) mass is 465 g/mol. The number of nitrogens with one attached hydrogen (secondary N) is 1. The van der Waals surface area contributed by atoms with Gasteiger partial charge in [-0.15, -0.1) is 0 Å². The van der Waals surface area contributed by atoms with Crippen LogP contribution in [0.25, 0.3) is 5.57 Å². The van der Waals surface area contributed by atoms with Gasteiger partial charge in [-0.2, -0.15) is 13.2 Å². The van der Waals surface area contributed by atoms with E-state index in [4.69, 9.17) is 0 Å². The maximum absolute atomic E-state index is 13.3. The van der Waals surface area contributed by atoms with Gasteiger partial charge in [-0.1, -0.05) is 42.5 Å². The lowest BCUT2D eigenvalue weighted by atomic mass is 10.0. The van der Waals surface area contributed by atoms with Gasteiger partial charge in [0.05, 0.1) is 17.7 Å². The zero-order valence-electron chi connectivity index (χ0n) is 18.6. The van der Waals surface area contributed by atoms with E-state index in [2.05, 4.69) is 5.32 Å². The lowest BCUT2D eigenvalue weighted by Crippen LogP contribution is -2.32. The SMILES string of the molecule is CN(C)c1ccc(NC2=C(c3ccccc3)C(=O)N(Cc3cccc(C(F)(F)F)c3)C2=O)cc1. The molecule has 1 aliphatic heterocycles. The van der Waals surface area contributed by atoms with Crippen molar-refractivity contribution in [2.45, 2.75) is 12.7 Å². The van der Waals surface area contributed by atoms with Crippen LogP contribution in [0, 0.1) is 0 Å². The molecule has 0 spiro atoms. The molecule has 0 unspecified atom stereocenters. The van der Waals surface area contributed by atoms with Gasteiger partial charge in [0.1, 0.15) is 5.70 Å². The Hall–Kier alpha value is -4.07. The van der Waals surface area contributed by atoms with Crippen LogP contribution in [0.5, 0.6) is 0 Å². The van der Waals surface area contributed by atoms with Crippen LogP contribution in [-0.4, -0.2) is 30.8 Å². The van der Waals surface area contributed by atoms with Gasteiger partial charge >= 0.3 is 6.18 Å². The summed E-state index contributed by atoms with van der Waals surface area (Å²) in [4.78, 5) is 29.5. The Morgan fingerprint density at radius 2 is 1.53 bits per heavy atom. The van der Waals surface area contributed by atoms with Crippen molar-refractivity contribution in [1.29, 1.82) is 0 Å². The van der Waals surface area contributed by atoms with E-state index in [1.54, 1.807) is 42.5 Å². The number of carbonyl (C=O) groups excluding carboxylic acids is 2. The van der Waals surface area contributed by atoms with Crippen molar-refractivity contribution < 1.29 is 22.8 Å². The third kappa shape index (κ3) is 4.66. The van der Waals surface area contributed by atoms with Crippen LogP contribution in [0.3, 0.4) is 0 Å². The molecular weight excluding hydrogens is 443 g/mol. The number of carbonyl (C=O) groups is 2. The lowest BCUT2D eigenvalue weighted by molar-refractivity contribution is -0.137. The minimum absolute atomic E-state index is 0.0841. The zero-order valence-corrected chi connectivity index (χ0v) is 18.6. The molecule has 0 aromatic heterocycles. The summed E-state index contributed by atoms with van der Waals surface area (Å²) in [7, 11) is 3.81. The molecule has 0 atom stereocenters. The molecule has 2 amide bonds. The second-order valence-corrected chi connectivity index (χ2v) is 8.08. The highest BCUT2D eigenvalue weighted by atomic mass is 19.4. The summed E-state index contributed by atoms with van der Waals surface area (Å²) in [5.74, 6) is -1.17. The predicted octanol–water partition coefficient (Wildman–Crippen LogP) is 5.16. The number of benzene rings is 3. The molecule has 4 rings (SSSR count). The quantitative estimate of drug-likeness (QED) is 0.511. The van der Waals surface area contributed by atoms with E-state index >= 15 is 0 Å². The Morgan fingerprint density at radius 3 is 2.15 bits per heavy atom. The van der Waals surface area contributed by atoms with Crippen LogP contribution in [0.1, 0.15) is 16.7 Å². The third-order valence-electron chi connectivity index (χ3n) is 5.48. The molecule has 3 aromatic carbocycles. The first-order valence-corrected chi connectivity index (χ1v) is 10.5. The first-order valence-electron chi connectivity index (χ1n) is 10.5. The molecule has 0 radical (unpaired) electrons. The molecule has 3 aromatic rings. The first kappa shape index (κ1) is 23.1. The maximum atomic E-state index is 13.3. The summed E-state index contributed by atoms with van der Waals surface area (Å²) >= 11 is 0. The summed E-state index contributed by atoms with van der Waals surface area (Å²) in [5, 5.41) is 3.06. The summed E-state index contributed by atoms with van der Waals surface area (Å²) in [6.07, 6.45) is -4.52. The maximum Gasteiger partial charge on any atom is 0.416 e. The minimum atomic E-state index is -4.52. The van der Waals surface area contributed by atoms with Crippen LogP contribution in [0.4, 0.5) is 24.5 Å². The molecule has 0 fully saturated rings. The molecule has 174 valence electrons. The highest BCUT2D eigenvalue weighted by Gasteiger charge is 2.39. The van der Waals surface area contributed by atoms with Crippen molar-refractivity contribution in [3.8, 4) is 0 Å². The fourth-order valence-corrected chi connectivity index (χ4v) is 3.72. The number of alkyl halides is 3. The van der Waals surface area contributed by atoms with Gasteiger partial charge < -0.3 is 10.2 Å². The highest BCUT2D eigenvalue weighted by molar-refractivity contribution is 6.36. The van der Waals surface area contributed by atoms with Crippen molar-refractivity contribution in [1.82, 2.24) is 4.90 Å². The van der Waals surface area contributed by atoms with Gasteiger partial charge in [-0.25, -0.2) is 0 Å². The van der Waals surface area contributed by atoms with Gasteiger partial charge in [0.25, 0.3) is 11.8 Å². The van der Waals surface area contributed by atoms with Crippen LogP contribution in [0.2, 0.25) is 0 Å². The number of hydrogen-bond donors (Lipinski definition) is 1. The fourth-order valence-electron chi connectivity index (χ4n) is 3.72. The summed E-state index contributed by atoms with van der Waals surface area (Å²) in [6, 6.07) is 20.7. The topological polar surface area (TPSA) is 52.7 Å². The predicted molar refractivity (Wildman–Crippen MR) is 125 cm³/mol. The molecule has 8 heteroatoms. The number of imide groups is 1. The Labute approximate surface area is 195 Å². The second-order valence-electron chi connectivity index (χ2n) is 8.08. The standard InChI is InChI=1S/C26H22F3N3O2/c1-31(2)21-13-11-20(12-14-21)30-23-22(18-8-4-3-5-9-18)24(33)32(25(23)34)16-17-7-6-10-19(15-17)26(27,28)29/h3-15,30H,16H2,1-2H3. The molecule has 0 aliphatic carbocycles. The molecule has 1 heterocycles. The van der Waals surface area contributed by atoms with E-state index in [0.717, 1.165) is 22.7 Å². The molecule has 1 N–H and O–H groups in total. The van der Waals surface area contributed by atoms with Crippen LogP contribution in [0.15, 0.2) is 84.6 Å². The molecule has 1 aliphatic rings. The molecule has 5 nitrogen and oxygen atoms in total. The van der Waals surface area contributed by atoms with E-state index in [1.165, 1.54) is 12.1 Å². The Morgan fingerprint density at radius 1 is 0.853 bits per heavy atom. The van der Waals surface area contributed by atoms with E-state index < -0.39 is 23.6 Å². The number of rotatable bonds is 6. The highest BCUT2D eigenvalue weighted by Crippen LogP contribution is 2.33. The Bertz CT molecular complexity index is 1250. The summed E-state index contributed by atoms with van der Waals surface area (Å²) in [6.45, 7) is -0.275. The van der Waals surface area contributed by atoms with Crippen LogP contribution >= 0.6 is 0 Å². The third-order valence-corrected chi connectivity index (χ3v) is 5.48. The van der Waals surface area contributed by atoms with Crippen molar-refractivity contribution in [2.24, 2.45) is 0 Å². The van der Waals surface area contributed by atoms with Crippen molar-refractivity contribution in [2.75, 3.05) is 24.3 Å². The van der Waals surface area contributed by atoms with E-state index in [9.17, 15) is 22.8 Å². The van der Waals surface area contributed by atoms with Gasteiger partial charge in [0.2, 0.25) is 0 Å². The number of halogens is 3. The van der Waals surface area contributed by atoms with Crippen molar-refractivity contribution in [3.05, 3.63) is 101 Å². The molecular formula is C26H22F3N3O2. The van der Waals surface area contributed by atoms with Gasteiger partial charge in [0, 0.05) is 25.5 Å². The average molecular weight is 465 g/mol. The zero-order chi connectivity index (χ0) is 24.5. The largest absolute Gasteiger partial charge is 0.416 e. The van der Waals surface area contributed by atoms with E-state index in [-0.39, 0.29) is 23.4 Å². The van der Waals surface area contributed by atoms with Crippen LogP contribution in [-0.2, 0) is 22.3 Å². The summed E-state index contributed by atoms with van der Waals surface area (Å²) in [5.41, 5.74) is 1.74. The molecule has 0 bridgehead atoms.